The summed E-state index contributed by atoms with van der Waals surface area (Å²) in [5.74, 6) is -0.195. The van der Waals surface area contributed by atoms with Crippen molar-refractivity contribution in [2.24, 2.45) is 0 Å². The standard InChI is InChI=1S/C10H15NO2S/c1-4-5-9-11-7(2)8(14-9)6-10(12)13-3/h4-6H2,1-3H3. The van der Waals surface area contributed by atoms with Gasteiger partial charge in [-0.1, -0.05) is 6.92 Å². The molecule has 1 aromatic rings. The fraction of sp³-hybridized carbons (Fsp3) is 0.600. The maximum Gasteiger partial charge on any atom is 0.310 e. The van der Waals surface area contributed by atoms with Gasteiger partial charge in [-0.3, -0.25) is 4.79 Å². The van der Waals surface area contributed by atoms with Crippen molar-refractivity contribution in [1.82, 2.24) is 4.98 Å². The van der Waals surface area contributed by atoms with E-state index >= 15 is 0 Å². The molecule has 14 heavy (non-hydrogen) atoms. The number of thiazole rings is 1. The summed E-state index contributed by atoms with van der Waals surface area (Å²) in [7, 11) is 1.41. The van der Waals surface area contributed by atoms with E-state index in [-0.39, 0.29) is 5.97 Å². The Morgan fingerprint density at radius 1 is 1.57 bits per heavy atom. The number of aryl methyl sites for hydroxylation is 2. The molecule has 0 aliphatic carbocycles. The molecular formula is C10H15NO2S. The van der Waals surface area contributed by atoms with Gasteiger partial charge >= 0.3 is 5.97 Å². The van der Waals surface area contributed by atoms with Gasteiger partial charge in [0, 0.05) is 4.88 Å². The lowest BCUT2D eigenvalue weighted by atomic mass is 10.3. The van der Waals surface area contributed by atoms with Crippen molar-refractivity contribution in [3.8, 4) is 0 Å². The van der Waals surface area contributed by atoms with Crippen LogP contribution in [0.1, 0.15) is 28.9 Å². The molecule has 4 heteroatoms. The van der Waals surface area contributed by atoms with Crippen molar-refractivity contribution in [2.45, 2.75) is 33.1 Å². The fourth-order valence-electron chi connectivity index (χ4n) is 1.18. The van der Waals surface area contributed by atoms with Crippen molar-refractivity contribution in [1.29, 1.82) is 0 Å². The van der Waals surface area contributed by atoms with Crippen molar-refractivity contribution in [2.75, 3.05) is 7.11 Å². The van der Waals surface area contributed by atoms with Crippen LogP contribution in [-0.4, -0.2) is 18.1 Å². The van der Waals surface area contributed by atoms with Crippen LogP contribution in [0.3, 0.4) is 0 Å². The maximum atomic E-state index is 11.1. The zero-order chi connectivity index (χ0) is 10.6. The molecule has 0 saturated carbocycles. The summed E-state index contributed by atoms with van der Waals surface area (Å²) in [5, 5.41) is 1.11. The van der Waals surface area contributed by atoms with Crippen molar-refractivity contribution >= 4 is 17.3 Å². The molecule has 0 atom stereocenters. The van der Waals surface area contributed by atoms with E-state index in [0.717, 1.165) is 28.4 Å². The number of hydrogen-bond donors (Lipinski definition) is 0. The van der Waals surface area contributed by atoms with Gasteiger partial charge in [0.25, 0.3) is 0 Å². The molecule has 0 aromatic carbocycles. The molecule has 78 valence electrons. The van der Waals surface area contributed by atoms with Gasteiger partial charge in [-0.25, -0.2) is 4.98 Å². The minimum absolute atomic E-state index is 0.195. The molecule has 0 amide bonds. The van der Waals surface area contributed by atoms with Gasteiger partial charge in [-0.2, -0.15) is 0 Å². The zero-order valence-electron chi connectivity index (χ0n) is 8.79. The van der Waals surface area contributed by atoms with Gasteiger partial charge in [0.1, 0.15) is 0 Å². The first-order valence-corrected chi connectivity index (χ1v) is 5.51. The summed E-state index contributed by atoms with van der Waals surface area (Å²) in [4.78, 5) is 16.5. The Kier molecular flexibility index (Phi) is 4.07. The zero-order valence-corrected chi connectivity index (χ0v) is 9.61. The van der Waals surface area contributed by atoms with Crippen LogP contribution in [0.5, 0.6) is 0 Å². The summed E-state index contributed by atoms with van der Waals surface area (Å²) in [5.41, 5.74) is 0.962. The Balaban J connectivity index is 2.71. The van der Waals surface area contributed by atoms with E-state index in [2.05, 4.69) is 16.6 Å². The molecule has 0 aliphatic rings. The van der Waals surface area contributed by atoms with Gasteiger partial charge in [-0.15, -0.1) is 11.3 Å². The molecule has 0 aliphatic heterocycles. The first kappa shape index (κ1) is 11.2. The second kappa shape index (κ2) is 5.10. The quantitative estimate of drug-likeness (QED) is 0.719. The molecule has 3 nitrogen and oxygen atoms in total. The van der Waals surface area contributed by atoms with Gasteiger partial charge in [0.15, 0.2) is 0 Å². The topological polar surface area (TPSA) is 39.2 Å². The Hall–Kier alpha value is -0.900. The normalized spacial score (nSPS) is 10.2. The number of nitrogens with zero attached hydrogens (tertiary/aromatic N) is 1. The Morgan fingerprint density at radius 2 is 2.29 bits per heavy atom. The van der Waals surface area contributed by atoms with Crippen LogP contribution in [0.2, 0.25) is 0 Å². The van der Waals surface area contributed by atoms with Gasteiger partial charge in [0.2, 0.25) is 0 Å². The van der Waals surface area contributed by atoms with Crippen LogP contribution >= 0.6 is 11.3 Å². The predicted molar refractivity (Wildman–Crippen MR) is 56.6 cm³/mol. The number of methoxy groups -OCH3 is 1. The molecular weight excluding hydrogens is 198 g/mol. The van der Waals surface area contributed by atoms with Crippen LogP contribution in [0.4, 0.5) is 0 Å². The highest BCUT2D eigenvalue weighted by Crippen LogP contribution is 2.20. The predicted octanol–water partition coefficient (Wildman–Crippen LogP) is 2.12. The van der Waals surface area contributed by atoms with Gasteiger partial charge in [0.05, 0.1) is 24.2 Å². The highest BCUT2D eigenvalue weighted by molar-refractivity contribution is 7.11. The number of hydrogen-bond acceptors (Lipinski definition) is 4. The summed E-state index contributed by atoms with van der Waals surface area (Å²) in [6, 6.07) is 0. The van der Waals surface area contributed by atoms with Crippen molar-refractivity contribution in [3.05, 3.63) is 15.6 Å². The Morgan fingerprint density at radius 3 is 2.86 bits per heavy atom. The van der Waals surface area contributed by atoms with Crippen LogP contribution in [0.25, 0.3) is 0 Å². The third-order valence-corrected chi connectivity index (χ3v) is 3.15. The summed E-state index contributed by atoms with van der Waals surface area (Å²) in [6.45, 7) is 4.06. The Bertz CT molecular complexity index is 320. The monoisotopic (exact) mass is 213 g/mol. The van der Waals surface area contributed by atoms with E-state index in [1.54, 1.807) is 11.3 Å². The summed E-state index contributed by atoms with van der Waals surface area (Å²) >= 11 is 1.62. The summed E-state index contributed by atoms with van der Waals surface area (Å²) in [6.07, 6.45) is 2.43. The summed E-state index contributed by atoms with van der Waals surface area (Å²) < 4.78 is 4.62. The smallest absolute Gasteiger partial charge is 0.310 e. The number of ether oxygens (including phenoxy) is 1. The minimum Gasteiger partial charge on any atom is -0.469 e. The number of rotatable bonds is 4. The second-order valence-electron chi connectivity index (χ2n) is 3.12. The van der Waals surface area contributed by atoms with E-state index in [0.29, 0.717) is 6.42 Å². The molecule has 0 fully saturated rings. The molecule has 0 bridgehead atoms. The largest absolute Gasteiger partial charge is 0.469 e. The highest BCUT2D eigenvalue weighted by Gasteiger charge is 2.11. The van der Waals surface area contributed by atoms with E-state index in [1.807, 2.05) is 6.92 Å². The molecule has 0 unspecified atom stereocenters. The maximum absolute atomic E-state index is 11.1. The first-order valence-electron chi connectivity index (χ1n) is 4.69. The Labute approximate surface area is 88.1 Å². The molecule has 1 aromatic heterocycles. The van der Waals surface area contributed by atoms with Crippen LogP contribution in [-0.2, 0) is 22.4 Å². The molecule has 0 saturated heterocycles. The third kappa shape index (κ3) is 2.80. The number of aromatic nitrogens is 1. The van der Waals surface area contributed by atoms with Crippen LogP contribution < -0.4 is 0 Å². The molecule has 0 N–H and O–H groups in total. The molecule has 0 spiro atoms. The number of esters is 1. The van der Waals surface area contributed by atoms with Crippen LogP contribution in [0.15, 0.2) is 0 Å². The third-order valence-electron chi connectivity index (χ3n) is 1.93. The van der Waals surface area contributed by atoms with Gasteiger partial charge in [-0.05, 0) is 19.8 Å². The molecule has 0 radical (unpaired) electrons. The lowest BCUT2D eigenvalue weighted by molar-refractivity contribution is -0.139. The number of carbonyl (C=O) groups is 1. The van der Waals surface area contributed by atoms with Crippen LogP contribution in [0, 0.1) is 6.92 Å². The van der Waals surface area contributed by atoms with Crippen molar-refractivity contribution < 1.29 is 9.53 Å². The average Bonchev–Trinajstić information content (AvgIpc) is 2.47. The lowest BCUT2D eigenvalue weighted by Crippen LogP contribution is -2.03. The fourth-order valence-corrected chi connectivity index (χ4v) is 2.33. The van der Waals surface area contributed by atoms with Gasteiger partial charge < -0.3 is 4.74 Å². The van der Waals surface area contributed by atoms with E-state index in [1.165, 1.54) is 7.11 Å². The highest BCUT2D eigenvalue weighted by atomic mass is 32.1. The van der Waals surface area contributed by atoms with E-state index in [4.69, 9.17) is 0 Å². The number of carbonyl (C=O) groups excluding carboxylic acids is 1. The van der Waals surface area contributed by atoms with E-state index < -0.39 is 0 Å². The van der Waals surface area contributed by atoms with Crippen molar-refractivity contribution in [3.63, 3.8) is 0 Å². The first-order chi connectivity index (χ1) is 6.67. The van der Waals surface area contributed by atoms with E-state index in [9.17, 15) is 4.79 Å². The molecule has 1 heterocycles. The average molecular weight is 213 g/mol. The second-order valence-corrected chi connectivity index (χ2v) is 4.29. The minimum atomic E-state index is -0.195. The molecule has 1 rings (SSSR count). The SMILES string of the molecule is CCCc1nc(C)c(CC(=O)OC)s1. The lowest BCUT2D eigenvalue weighted by Gasteiger charge is -1.95.